The molecule has 0 radical (unpaired) electrons. The van der Waals surface area contributed by atoms with Gasteiger partial charge in [0.05, 0.1) is 11.3 Å². The molecule has 0 N–H and O–H groups in total. The lowest BCUT2D eigenvalue weighted by atomic mass is 9.94. The number of nitro benzene ring substituents is 1. The van der Waals surface area contributed by atoms with Gasteiger partial charge in [0, 0.05) is 31.1 Å². The fraction of sp³-hybridized carbons (Fsp3) is 0.462. The van der Waals surface area contributed by atoms with Crippen LogP contribution in [0.1, 0.15) is 29.0 Å². The summed E-state index contributed by atoms with van der Waals surface area (Å²) in [6.45, 7) is 0.681. The zero-order valence-electron chi connectivity index (χ0n) is 10.2. The third kappa shape index (κ3) is 1.50. The van der Waals surface area contributed by atoms with E-state index in [1.807, 2.05) is 6.07 Å². The molecule has 0 fully saturated rings. The Morgan fingerprint density at radius 2 is 2.22 bits per heavy atom. The summed E-state index contributed by atoms with van der Waals surface area (Å²) in [5.74, 6) is 0.243. The van der Waals surface area contributed by atoms with E-state index in [4.69, 9.17) is 0 Å². The van der Waals surface area contributed by atoms with Gasteiger partial charge in [-0.25, -0.2) is 0 Å². The number of carbonyl (C=O) groups excluding carboxylic acids is 1. The van der Waals surface area contributed by atoms with Crippen LogP contribution in [0.3, 0.4) is 0 Å². The van der Waals surface area contributed by atoms with E-state index >= 15 is 0 Å². The minimum Gasteiger partial charge on any atom is -0.345 e. The molecule has 0 aromatic heterocycles. The molecule has 1 amide bonds. The predicted molar refractivity (Wildman–Crippen MR) is 65.5 cm³/mol. The average Bonchev–Trinajstić information content (AvgIpc) is 2.66. The molecule has 1 aliphatic carbocycles. The fourth-order valence-corrected chi connectivity index (χ4v) is 3.16. The highest BCUT2D eigenvalue weighted by Crippen LogP contribution is 2.41. The summed E-state index contributed by atoms with van der Waals surface area (Å²) < 4.78 is 0. The van der Waals surface area contributed by atoms with Gasteiger partial charge >= 0.3 is 0 Å². The molecule has 0 spiro atoms. The van der Waals surface area contributed by atoms with Gasteiger partial charge < -0.3 is 4.90 Å². The van der Waals surface area contributed by atoms with Gasteiger partial charge in [-0.15, -0.1) is 0 Å². The molecule has 1 aromatic carbocycles. The molecular formula is C13H14N2O3. The van der Waals surface area contributed by atoms with Crippen molar-refractivity contribution in [2.24, 2.45) is 0 Å². The maximum absolute atomic E-state index is 11.9. The van der Waals surface area contributed by atoms with Gasteiger partial charge in [0.25, 0.3) is 5.69 Å². The molecule has 1 aromatic rings. The molecule has 0 bridgehead atoms. The van der Waals surface area contributed by atoms with E-state index in [1.165, 1.54) is 5.56 Å². The van der Waals surface area contributed by atoms with Gasteiger partial charge in [-0.2, -0.15) is 0 Å². The second kappa shape index (κ2) is 3.80. The van der Waals surface area contributed by atoms with Crippen molar-refractivity contribution in [2.45, 2.75) is 25.2 Å². The number of carbonyl (C=O) groups is 1. The zero-order chi connectivity index (χ0) is 12.9. The van der Waals surface area contributed by atoms with Crippen LogP contribution < -0.4 is 0 Å². The molecule has 94 valence electrons. The number of benzene rings is 1. The van der Waals surface area contributed by atoms with Crippen LogP contribution in [-0.2, 0) is 17.6 Å². The maximum atomic E-state index is 11.9. The molecule has 1 atom stereocenters. The lowest BCUT2D eigenvalue weighted by Crippen LogP contribution is -2.29. The summed E-state index contributed by atoms with van der Waals surface area (Å²) >= 11 is 0. The van der Waals surface area contributed by atoms with Gasteiger partial charge in [-0.05, 0) is 24.0 Å². The molecule has 1 aliphatic heterocycles. The van der Waals surface area contributed by atoms with Crippen molar-refractivity contribution in [2.75, 3.05) is 13.6 Å². The topological polar surface area (TPSA) is 63.4 Å². The summed E-state index contributed by atoms with van der Waals surface area (Å²) in [4.78, 5) is 24.4. The van der Waals surface area contributed by atoms with Crippen molar-refractivity contribution in [1.82, 2.24) is 4.90 Å². The van der Waals surface area contributed by atoms with Crippen LogP contribution in [0.5, 0.6) is 0 Å². The van der Waals surface area contributed by atoms with Crippen LogP contribution in [0.4, 0.5) is 5.69 Å². The van der Waals surface area contributed by atoms with Crippen LogP contribution >= 0.6 is 0 Å². The Morgan fingerprint density at radius 3 is 2.94 bits per heavy atom. The van der Waals surface area contributed by atoms with Crippen molar-refractivity contribution in [3.8, 4) is 0 Å². The van der Waals surface area contributed by atoms with Crippen LogP contribution in [-0.4, -0.2) is 29.3 Å². The monoisotopic (exact) mass is 246 g/mol. The van der Waals surface area contributed by atoms with Gasteiger partial charge in [-0.1, -0.05) is 6.07 Å². The standard InChI is InChI=1S/C13H14N2O3/c1-14-7-9-3-2-8-4-5-11(15(17)18)10(13(8)9)6-12(14)16/h4-5,9H,2-3,6-7H2,1H3. The second-order valence-electron chi connectivity index (χ2n) is 5.08. The Kier molecular flexibility index (Phi) is 2.36. The molecule has 3 rings (SSSR count). The van der Waals surface area contributed by atoms with E-state index in [-0.39, 0.29) is 28.9 Å². The number of rotatable bonds is 1. The third-order valence-corrected chi connectivity index (χ3v) is 4.04. The van der Waals surface area contributed by atoms with E-state index in [0.717, 1.165) is 18.4 Å². The number of likely N-dealkylation sites (N-methyl/N-ethyl adjacent to an activating group) is 1. The summed E-state index contributed by atoms with van der Waals surface area (Å²) in [5, 5.41) is 11.1. The molecular weight excluding hydrogens is 232 g/mol. The van der Waals surface area contributed by atoms with E-state index < -0.39 is 0 Å². The average molecular weight is 246 g/mol. The fourth-order valence-electron chi connectivity index (χ4n) is 3.16. The summed E-state index contributed by atoms with van der Waals surface area (Å²) in [6.07, 6.45) is 2.11. The molecule has 2 aliphatic rings. The summed E-state index contributed by atoms with van der Waals surface area (Å²) in [5.41, 5.74) is 3.00. The normalized spacial score (nSPS) is 21.7. The Morgan fingerprint density at radius 1 is 1.44 bits per heavy atom. The minimum absolute atomic E-state index is 0.0269. The highest BCUT2D eigenvalue weighted by atomic mass is 16.6. The molecule has 5 nitrogen and oxygen atoms in total. The van der Waals surface area contributed by atoms with Crippen molar-refractivity contribution in [3.05, 3.63) is 38.9 Å². The number of hydrogen-bond acceptors (Lipinski definition) is 3. The van der Waals surface area contributed by atoms with Crippen molar-refractivity contribution >= 4 is 11.6 Å². The van der Waals surface area contributed by atoms with E-state index in [1.54, 1.807) is 18.0 Å². The quantitative estimate of drug-likeness (QED) is 0.559. The predicted octanol–water partition coefficient (Wildman–Crippen LogP) is 1.64. The highest BCUT2D eigenvalue weighted by Gasteiger charge is 2.35. The number of nitrogens with zero attached hydrogens (tertiary/aromatic N) is 2. The van der Waals surface area contributed by atoms with Gasteiger partial charge in [0.15, 0.2) is 0 Å². The summed E-state index contributed by atoms with van der Waals surface area (Å²) in [7, 11) is 1.78. The van der Waals surface area contributed by atoms with Crippen LogP contribution in [0.15, 0.2) is 12.1 Å². The molecule has 0 saturated carbocycles. The highest BCUT2D eigenvalue weighted by molar-refractivity contribution is 5.82. The smallest absolute Gasteiger partial charge is 0.273 e. The second-order valence-corrected chi connectivity index (χ2v) is 5.08. The van der Waals surface area contributed by atoms with E-state index in [0.29, 0.717) is 12.1 Å². The van der Waals surface area contributed by atoms with E-state index in [2.05, 4.69) is 0 Å². The minimum atomic E-state index is -0.371. The maximum Gasteiger partial charge on any atom is 0.273 e. The van der Waals surface area contributed by atoms with Gasteiger partial charge in [-0.3, -0.25) is 14.9 Å². The van der Waals surface area contributed by atoms with Gasteiger partial charge in [0.1, 0.15) is 0 Å². The Bertz CT molecular complexity index is 553. The first-order chi connectivity index (χ1) is 8.58. The van der Waals surface area contributed by atoms with Crippen molar-refractivity contribution in [3.63, 3.8) is 0 Å². The molecule has 1 heterocycles. The lowest BCUT2D eigenvalue weighted by Gasteiger charge is -2.17. The zero-order valence-corrected chi connectivity index (χ0v) is 10.2. The first-order valence-corrected chi connectivity index (χ1v) is 6.11. The van der Waals surface area contributed by atoms with Crippen LogP contribution in [0, 0.1) is 10.1 Å². The molecule has 0 saturated heterocycles. The summed E-state index contributed by atoms with van der Waals surface area (Å²) in [6, 6.07) is 3.40. The number of aryl methyl sites for hydroxylation is 1. The van der Waals surface area contributed by atoms with Crippen LogP contribution in [0.25, 0.3) is 0 Å². The largest absolute Gasteiger partial charge is 0.345 e. The first-order valence-electron chi connectivity index (χ1n) is 6.11. The van der Waals surface area contributed by atoms with Crippen molar-refractivity contribution in [1.29, 1.82) is 0 Å². The van der Waals surface area contributed by atoms with Gasteiger partial charge in [0.2, 0.25) is 5.91 Å². The number of amides is 1. The molecule has 5 heteroatoms. The van der Waals surface area contributed by atoms with Crippen molar-refractivity contribution < 1.29 is 9.72 Å². The first kappa shape index (κ1) is 11.2. The Balaban J connectivity index is 2.22. The molecule has 1 unspecified atom stereocenters. The van der Waals surface area contributed by atoms with E-state index in [9.17, 15) is 14.9 Å². The van der Waals surface area contributed by atoms with Crippen LogP contribution in [0.2, 0.25) is 0 Å². The Labute approximate surface area is 105 Å². The Hall–Kier alpha value is -1.91. The number of nitro groups is 1. The number of hydrogen-bond donors (Lipinski definition) is 0. The SMILES string of the molecule is CN1CC2CCc3ccc([N+](=O)[O-])c(c32)CC1=O. The third-order valence-electron chi connectivity index (χ3n) is 4.04. The lowest BCUT2D eigenvalue weighted by molar-refractivity contribution is -0.385. The molecule has 18 heavy (non-hydrogen) atoms.